The van der Waals surface area contributed by atoms with Crippen molar-refractivity contribution in [3.63, 3.8) is 0 Å². The molecule has 5 aromatic rings. The molecule has 0 unspecified atom stereocenters. The van der Waals surface area contributed by atoms with Gasteiger partial charge < -0.3 is 19.5 Å². The lowest BCUT2D eigenvalue weighted by Gasteiger charge is -2.39. The van der Waals surface area contributed by atoms with Crippen LogP contribution in [0.25, 0.3) is 16.6 Å². The fraction of sp³-hybridized carbons (Fsp3) is 0.420. The van der Waals surface area contributed by atoms with Gasteiger partial charge in [-0.05, 0) is 123 Å². The number of allylic oxidation sites excluding steroid dienone is 1. The summed E-state index contributed by atoms with van der Waals surface area (Å²) in [5.41, 5.74) is 5.92. The van der Waals surface area contributed by atoms with E-state index in [1.807, 2.05) is 18.2 Å². The number of carbonyl (C=O) groups excluding carboxylic acids is 1. The van der Waals surface area contributed by atoms with Gasteiger partial charge in [0.25, 0.3) is 21.6 Å². The highest BCUT2D eigenvalue weighted by molar-refractivity contribution is 8.01. The molecule has 3 aromatic carbocycles. The van der Waals surface area contributed by atoms with Crippen LogP contribution in [0.4, 0.5) is 11.4 Å². The first-order chi connectivity index (χ1) is 31.9. The molecule has 4 heterocycles. The molecule has 0 bridgehead atoms. The number of benzene rings is 3. The van der Waals surface area contributed by atoms with Gasteiger partial charge in [0.05, 0.1) is 27.6 Å². The monoisotopic (exact) mass is 968 g/mol. The highest BCUT2D eigenvalue weighted by Gasteiger charge is 2.31. The number of amides is 1. The van der Waals surface area contributed by atoms with Gasteiger partial charge in [0, 0.05) is 85.8 Å². The largest absolute Gasteiger partial charge is 0.455 e. The first-order valence-electron chi connectivity index (χ1n) is 22.9. The van der Waals surface area contributed by atoms with E-state index in [-0.39, 0.29) is 27.3 Å². The van der Waals surface area contributed by atoms with Crippen molar-refractivity contribution in [1.82, 2.24) is 24.5 Å². The van der Waals surface area contributed by atoms with Crippen molar-refractivity contribution in [2.24, 2.45) is 9.78 Å². The number of aromatic amines is 1. The SMILES string of the molecule is C=S(C)(C)=NC1CCN(CCCc2ccc(S(=O)(=O)NC(=O)c3ccc(N4CCN(CC5=C(c6ccc(Cl)cc6)CC(C)(C)CC5)CC4)cc3Oc3cnc4[nH]ccc4c3)cc2[N+](=O)[O-])CC1. The van der Waals surface area contributed by atoms with Crippen molar-refractivity contribution in [3.8, 4) is 11.5 Å². The van der Waals surface area contributed by atoms with Gasteiger partial charge in [-0.3, -0.25) is 24.2 Å². The van der Waals surface area contributed by atoms with E-state index in [0.29, 0.717) is 35.8 Å². The first kappa shape index (κ1) is 48.2. The fourth-order valence-electron chi connectivity index (χ4n) is 9.45. The van der Waals surface area contributed by atoms with E-state index >= 15 is 0 Å². The second kappa shape index (κ2) is 20.1. The third kappa shape index (κ3) is 12.3. The van der Waals surface area contributed by atoms with Crippen molar-refractivity contribution in [2.45, 2.75) is 69.7 Å². The number of halogens is 1. The third-order valence-corrected chi connectivity index (χ3v) is 15.5. The molecule has 1 amide bonds. The zero-order valence-electron chi connectivity index (χ0n) is 38.8. The number of piperazine rings is 1. The number of ether oxygens (including phenoxy) is 1. The molecule has 356 valence electrons. The number of aryl methyl sites for hydroxylation is 1. The average molecular weight is 970 g/mol. The van der Waals surface area contributed by atoms with Gasteiger partial charge >= 0.3 is 0 Å². The number of nitrogens with one attached hydrogen (secondary N) is 2. The number of likely N-dealkylation sites (tertiary alicyclic amines) is 1. The number of aromatic nitrogens is 2. The molecule has 2 fully saturated rings. The standard InChI is InChI=1S/C50H61ClN8O6S2/c1-50(2)20-16-38(45(32-50)35-8-11-39(51)12-9-35)34-57-25-27-58(28-26-57)41-13-15-44(47(30-41)65-42-29-37-17-21-52-48(37)53-33-42)49(60)55-67(63,64)43-14-10-36(46(31-43)59(61)62)7-6-22-56-23-18-40(19-24-56)54-66(3,4)5/h8-15,17,21,29-31,33,40H,3,6-7,16,18-20,22-28,32,34H2,1-2,4-5H3,(H,52,53)(H,55,60). The molecule has 14 nitrogen and oxygen atoms in total. The molecule has 0 saturated carbocycles. The fourth-order valence-corrected chi connectivity index (χ4v) is 11.6. The minimum absolute atomic E-state index is 0.0258. The number of sulfonamides is 1. The minimum atomic E-state index is -4.55. The number of hydrogen-bond donors (Lipinski definition) is 2. The van der Waals surface area contributed by atoms with Crippen LogP contribution in [-0.2, 0) is 25.9 Å². The number of carbonyl (C=O) groups is 1. The van der Waals surface area contributed by atoms with Gasteiger partial charge in [-0.25, -0.2) is 18.1 Å². The van der Waals surface area contributed by atoms with Crippen molar-refractivity contribution >= 4 is 70.8 Å². The third-order valence-electron chi connectivity index (χ3n) is 13.0. The number of fused-ring (bicyclic) bond motifs is 1. The van der Waals surface area contributed by atoms with Gasteiger partial charge in [0.2, 0.25) is 0 Å². The molecule has 3 aliphatic rings. The van der Waals surface area contributed by atoms with Gasteiger partial charge in [-0.2, -0.15) is 0 Å². The van der Waals surface area contributed by atoms with Gasteiger partial charge in [0.1, 0.15) is 17.1 Å². The summed E-state index contributed by atoms with van der Waals surface area (Å²) in [6.45, 7) is 11.2. The van der Waals surface area contributed by atoms with Crippen molar-refractivity contribution < 1.29 is 22.9 Å². The smallest absolute Gasteiger partial charge is 0.273 e. The number of nitro benzene ring substituents is 1. The number of hydrogen-bond acceptors (Lipinski definition) is 11. The molecular weight excluding hydrogens is 908 g/mol. The van der Waals surface area contributed by atoms with Crippen LogP contribution in [0.3, 0.4) is 0 Å². The highest BCUT2D eigenvalue weighted by atomic mass is 35.5. The Kier molecular flexibility index (Phi) is 14.5. The number of rotatable bonds is 15. The molecule has 17 heteroatoms. The number of nitro groups is 1. The molecule has 0 atom stereocenters. The second-order valence-electron chi connectivity index (χ2n) is 19.3. The van der Waals surface area contributed by atoms with Crippen molar-refractivity contribution in [1.29, 1.82) is 0 Å². The Morgan fingerprint density at radius 2 is 1.75 bits per heavy atom. The van der Waals surface area contributed by atoms with Crippen LogP contribution in [0.2, 0.25) is 5.02 Å². The maximum atomic E-state index is 14.0. The summed E-state index contributed by atoms with van der Waals surface area (Å²) in [7, 11) is -5.72. The van der Waals surface area contributed by atoms with Crippen LogP contribution in [-0.4, -0.2) is 116 Å². The van der Waals surface area contributed by atoms with E-state index in [1.54, 1.807) is 30.5 Å². The predicted octanol–water partition coefficient (Wildman–Crippen LogP) is 9.25. The molecule has 2 N–H and O–H groups in total. The Balaban J connectivity index is 0.961. The quantitative estimate of drug-likeness (QED) is 0.0587. The number of piperidine rings is 1. The van der Waals surface area contributed by atoms with Crippen LogP contribution >= 0.6 is 11.6 Å². The van der Waals surface area contributed by atoms with Gasteiger partial charge in [-0.1, -0.05) is 55.1 Å². The summed E-state index contributed by atoms with van der Waals surface area (Å²) >= 11 is 6.25. The van der Waals surface area contributed by atoms with Crippen molar-refractivity contribution in [3.05, 3.63) is 123 Å². The number of nitrogens with zero attached hydrogens (tertiary/aromatic N) is 6. The number of anilines is 1. The van der Waals surface area contributed by atoms with E-state index in [0.717, 1.165) is 107 Å². The topological polar surface area (TPSA) is 166 Å². The Hall–Kier alpha value is -5.26. The highest BCUT2D eigenvalue weighted by Crippen LogP contribution is 2.43. The van der Waals surface area contributed by atoms with Crippen LogP contribution in [0, 0.1) is 15.5 Å². The summed E-state index contributed by atoms with van der Waals surface area (Å²) in [6, 6.07) is 21.1. The predicted molar refractivity (Wildman–Crippen MR) is 272 cm³/mol. The molecule has 2 aliphatic heterocycles. The Labute approximate surface area is 399 Å². The summed E-state index contributed by atoms with van der Waals surface area (Å²) in [6.07, 6.45) is 13.7. The van der Waals surface area contributed by atoms with E-state index in [4.69, 9.17) is 20.7 Å². The maximum absolute atomic E-state index is 14.0. The Morgan fingerprint density at radius 3 is 2.46 bits per heavy atom. The lowest BCUT2D eigenvalue weighted by Crippen LogP contribution is -2.47. The summed E-state index contributed by atoms with van der Waals surface area (Å²) in [4.78, 5) is 39.9. The van der Waals surface area contributed by atoms with E-state index < -0.39 is 30.3 Å². The number of H-pyrrole nitrogens is 1. The van der Waals surface area contributed by atoms with E-state index in [2.05, 4.69) is 73.8 Å². The zero-order valence-corrected chi connectivity index (χ0v) is 41.2. The normalized spacial score (nSPS) is 17.7. The summed E-state index contributed by atoms with van der Waals surface area (Å²) in [5, 5.41) is 13.8. The zero-order chi connectivity index (χ0) is 47.5. The maximum Gasteiger partial charge on any atom is 0.273 e. The molecule has 2 saturated heterocycles. The summed E-state index contributed by atoms with van der Waals surface area (Å²) in [5.74, 6) is 3.74. The summed E-state index contributed by atoms with van der Waals surface area (Å²) < 4.78 is 41.0. The lowest BCUT2D eigenvalue weighted by molar-refractivity contribution is -0.385. The van der Waals surface area contributed by atoms with E-state index in [1.165, 1.54) is 35.0 Å². The van der Waals surface area contributed by atoms with Crippen molar-refractivity contribution in [2.75, 3.05) is 69.8 Å². The van der Waals surface area contributed by atoms with Crippen LogP contribution < -0.4 is 14.4 Å². The molecule has 0 radical (unpaired) electrons. The minimum Gasteiger partial charge on any atom is -0.455 e. The first-order valence-corrected chi connectivity index (χ1v) is 27.4. The van der Waals surface area contributed by atoms with Crippen LogP contribution in [0.15, 0.2) is 100 Å². The van der Waals surface area contributed by atoms with E-state index in [9.17, 15) is 23.3 Å². The Morgan fingerprint density at radius 1 is 1.00 bits per heavy atom. The molecule has 8 rings (SSSR count). The average Bonchev–Trinajstić information content (AvgIpc) is 3.75. The second-order valence-corrected chi connectivity index (χ2v) is 24.6. The van der Waals surface area contributed by atoms with Gasteiger partial charge in [-0.15, -0.1) is 9.41 Å². The van der Waals surface area contributed by atoms with Gasteiger partial charge in [0.15, 0.2) is 0 Å². The van der Waals surface area contributed by atoms with Crippen LogP contribution in [0.5, 0.6) is 11.5 Å². The van der Waals surface area contributed by atoms with Crippen LogP contribution in [0.1, 0.15) is 73.9 Å². The lowest BCUT2D eigenvalue weighted by atomic mass is 9.72. The Bertz CT molecular complexity index is 2900. The molecule has 1 aliphatic carbocycles. The number of pyridine rings is 1. The molecule has 2 aromatic heterocycles. The molecule has 67 heavy (non-hydrogen) atoms. The molecular formula is C50H61ClN8O6S2. The molecule has 0 spiro atoms.